The molecule has 9 atom stereocenters. The van der Waals surface area contributed by atoms with Gasteiger partial charge < -0.3 is 44.2 Å². The van der Waals surface area contributed by atoms with E-state index in [9.17, 15) is 70.4 Å². The van der Waals surface area contributed by atoms with Crippen LogP contribution in [-0.2, 0) is 47.9 Å². The van der Waals surface area contributed by atoms with E-state index in [0.717, 1.165) is 50.7 Å². The molecule has 0 bridgehead atoms. The third-order valence-corrected chi connectivity index (χ3v) is 15.9. The van der Waals surface area contributed by atoms with E-state index >= 15 is 0 Å². The van der Waals surface area contributed by atoms with Gasteiger partial charge in [-0.25, -0.2) is 14.4 Å². The molecule has 0 saturated carbocycles. The second-order valence-electron chi connectivity index (χ2n) is 23.0. The zero-order valence-corrected chi connectivity index (χ0v) is 54.3. The van der Waals surface area contributed by atoms with E-state index in [0.29, 0.717) is 55.2 Å². The fraction of sp³-hybridized carbons (Fsp3) is 0.500. The Morgan fingerprint density at radius 2 is 0.677 bits per heavy atom. The number of likely N-dealkylation sites (tertiary alicyclic amines) is 3. The molecule has 0 spiro atoms. The molecule has 6 rings (SSSR count). The summed E-state index contributed by atoms with van der Waals surface area (Å²) in [5, 5.41) is 30.8. The van der Waals surface area contributed by atoms with Gasteiger partial charge in [0.05, 0.1) is 74.5 Å². The summed E-state index contributed by atoms with van der Waals surface area (Å²) in [5.74, 6) is 2.03. The Kier molecular flexibility index (Phi) is 31.2. The standard InChI is InChI=1S/3C24H29F2NO4/c3*1-4-5-6-7-17(2)21(28)13-12-20-16-24(25,26)23(30)27(20)15-14-18-8-10-19(11-9-18)22(29)31-3/h3*8-13,17,20-21,28H,4,7,14-16H2,1-3H3/b3*13-12+/t17?,20-,21-;17-,20+,21-;17-,20-,21+/m010/s1. The molecule has 3 amide bonds. The number of alkyl halides is 6. The maximum absolute atomic E-state index is 14.1. The summed E-state index contributed by atoms with van der Waals surface area (Å²) >= 11 is 0. The van der Waals surface area contributed by atoms with Crippen molar-refractivity contribution in [2.24, 2.45) is 17.8 Å². The molecule has 3 fully saturated rings. The van der Waals surface area contributed by atoms with Crippen LogP contribution in [-0.4, -0.2) is 161 Å². The second kappa shape index (κ2) is 37.5. The van der Waals surface area contributed by atoms with Crippen LogP contribution in [0, 0.1) is 53.3 Å². The van der Waals surface area contributed by atoms with Crippen LogP contribution < -0.4 is 0 Å². The minimum Gasteiger partial charge on any atom is -0.465 e. The van der Waals surface area contributed by atoms with E-state index in [1.165, 1.54) is 57.8 Å². The average molecular weight is 1300 g/mol. The molecular weight excluding hydrogens is 1210 g/mol. The van der Waals surface area contributed by atoms with Crippen molar-refractivity contribution in [1.29, 1.82) is 0 Å². The number of rotatable bonds is 24. The van der Waals surface area contributed by atoms with E-state index in [2.05, 4.69) is 49.7 Å². The van der Waals surface area contributed by atoms with Gasteiger partial charge in [-0.15, -0.1) is 35.5 Å². The minimum atomic E-state index is -3.42. The van der Waals surface area contributed by atoms with Crippen molar-refractivity contribution < 1.29 is 84.6 Å². The molecule has 1 unspecified atom stereocenters. The number of carbonyl (C=O) groups is 6. The fourth-order valence-corrected chi connectivity index (χ4v) is 10.0. The molecule has 3 aliphatic heterocycles. The number of halogens is 6. The van der Waals surface area contributed by atoms with Crippen LogP contribution in [0.5, 0.6) is 0 Å². The van der Waals surface area contributed by atoms with Crippen LogP contribution in [0.25, 0.3) is 0 Å². The van der Waals surface area contributed by atoms with Gasteiger partial charge in [-0.1, -0.05) is 114 Å². The summed E-state index contributed by atoms with van der Waals surface area (Å²) in [7, 11) is 3.87. The number of hydrogen-bond donors (Lipinski definition) is 3. The van der Waals surface area contributed by atoms with Crippen molar-refractivity contribution in [2.75, 3.05) is 41.0 Å². The molecule has 504 valence electrons. The van der Waals surface area contributed by atoms with Crippen molar-refractivity contribution in [3.8, 4) is 35.5 Å². The van der Waals surface area contributed by atoms with Gasteiger partial charge in [0.2, 0.25) is 0 Å². The number of amides is 3. The number of carbonyl (C=O) groups excluding carboxylic acids is 6. The Morgan fingerprint density at radius 1 is 0.452 bits per heavy atom. The smallest absolute Gasteiger partial charge is 0.337 e. The van der Waals surface area contributed by atoms with E-state index in [-0.39, 0.29) is 37.4 Å². The Morgan fingerprint density at radius 3 is 0.882 bits per heavy atom. The van der Waals surface area contributed by atoms with Crippen molar-refractivity contribution in [3.63, 3.8) is 0 Å². The quantitative estimate of drug-likeness (QED) is 0.0252. The first-order valence-electron chi connectivity index (χ1n) is 31.1. The number of benzene rings is 3. The lowest BCUT2D eigenvalue weighted by atomic mass is 9.99. The van der Waals surface area contributed by atoms with E-state index in [1.54, 1.807) is 72.8 Å². The summed E-state index contributed by atoms with van der Waals surface area (Å²) in [6, 6.07) is 17.4. The highest BCUT2D eigenvalue weighted by Crippen LogP contribution is 2.37. The first-order valence-corrected chi connectivity index (χ1v) is 31.1. The summed E-state index contributed by atoms with van der Waals surface area (Å²) < 4.78 is 98.4. The number of nitrogens with zero attached hydrogens (tertiary/aromatic N) is 3. The lowest BCUT2D eigenvalue weighted by Crippen LogP contribution is -2.37. The number of aliphatic hydroxyl groups is 3. The molecule has 3 aromatic rings. The number of hydrogen-bond acceptors (Lipinski definition) is 12. The third kappa shape index (κ3) is 23.7. The van der Waals surface area contributed by atoms with Crippen LogP contribution in [0.1, 0.15) is 147 Å². The maximum atomic E-state index is 14.1. The van der Waals surface area contributed by atoms with Gasteiger partial charge in [0.15, 0.2) is 0 Å². The molecule has 3 aliphatic rings. The highest BCUT2D eigenvalue weighted by Gasteiger charge is 2.54. The first kappa shape index (κ1) is 77.3. The van der Waals surface area contributed by atoms with Gasteiger partial charge in [-0.3, -0.25) is 14.4 Å². The van der Waals surface area contributed by atoms with Crippen LogP contribution in [0.3, 0.4) is 0 Å². The molecule has 15 nitrogen and oxygen atoms in total. The van der Waals surface area contributed by atoms with Crippen LogP contribution in [0.15, 0.2) is 109 Å². The second-order valence-corrected chi connectivity index (χ2v) is 23.0. The normalized spacial score (nSPS) is 19.7. The predicted molar refractivity (Wildman–Crippen MR) is 341 cm³/mol. The molecule has 0 aliphatic carbocycles. The molecule has 3 saturated heterocycles. The number of aliphatic hydroxyl groups excluding tert-OH is 3. The van der Waals surface area contributed by atoms with Gasteiger partial charge in [-0.2, -0.15) is 26.3 Å². The van der Waals surface area contributed by atoms with Gasteiger partial charge in [0.1, 0.15) is 0 Å². The summed E-state index contributed by atoms with van der Waals surface area (Å²) in [5.41, 5.74) is 3.59. The van der Waals surface area contributed by atoms with Gasteiger partial charge in [-0.05, 0) is 90.1 Å². The zero-order valence-electron chi connectivity index (χ0n) is 54.3. The van der Waals surface area contributed by atoms with Crippen LogP contribution >= 0.6 is 0 Å². The Labute approximate surface area is 542 Å². The van der Waals surface area contributed by atoms with Gasteiger partial charge in [0.25, 0.3) is 17.7 Å². The van der Waals surface area contributed by atoms with E-state index in [4.69, 9.17) is 0 Å². The highest BCUT2D eigenvalue weighted by molar-refractivity contribution is 5.91. The Hall–Kier alpha value is -8.16. The molecule has 3 heterocycles. The summed E-state index contributed by atoms with van der Waals surface area (Å²) in [6.45, 7) is 11.6. The van der Waals surface area contributed by atoms with Crippen molar-refractivity contribution in [2.45, 2.75) is 173 Å². The predicted octanol–water partition coefficient (Wildman–Crippen LogP) is 10.8. The van der Waals surface area contributed by atoms with Crippen molar-refractivity contribution in [1.82, 2.24) is 14.7 Å². The summed E-state index contributed by atoms with van der Waals surface area (Å²) in [6.07, 6.45) is 9.40. The molecule has 93 heavy (non-hydrogen) atoms. The van der Waals surface area contributed by atoms with E-state index < -0.39 is 109 Å². The Bertz CT molecular complexity index is 2900. The van der Waals surface area contributed by atoms with E-state index in [1.807, 2.05) is 41.5 Å². The molecule has 0 aromatic heterocycles. The van der Waals surface area contributed by atoms with Gasteiger partial charge >= 0.3 is 35.7 Å². The van der Waals surface area contributed by atoms with Crippen molar-refractivity contribution >= 4 is 35.6 Å². The molecule has 3 aromatic carbocycles. The lowest BCUT2D eigenvalue weighted by Gasteiger charge is -2.22. The topological polar surface area (TPSA) is 201 Å². The third-order valence-electron chi connectivity index (χ3n) is 15.9. The highest BCUT2D eigenvalue weighted by atomic mass is 19.3. The SMILES string of the molecule is CCC#CCC(C)[C@@H](O)/C=C/[C@H]1CC(F)(F)C(=O)N1CCc1ccc(C(=O)OC)cc1.CCC#CC[C@@H](C)[C@H](O)/C=C/[C@H]1CC(F)(F)C(=O)N1CCc1ccc(C(=O)OC)cc1.CCC#CC[C@H](C)[C@H](O)/C=C/[C@H]1CC(F)(F)C(=O)N1CCc1ccc(C(=O)OC)cc1. The van der Waals surface area contributed by atoms with Crippen LogP contribution in [0.2, 0.25) is 0 Å². The number of esters is 3. The number of methoxy groups -OCH3 is 3. The molecule has 21 heteroatoms. The van der Waals surface area contributed by atoms with Crippen molar-refractivity contribution in [3.05, 3.63) is 143 Å². The fourth-order valence-electron chi connectivity index (χ4n) is 10.0. The van der Waals surface area contributed by atoms with Gasteiger partial charge in [0, 0.05) is 77.4 Å². The Balaban J connectivity index is 0.000000297. The number of ether oxygens (including phenoxy) is 3. The first-order chi connectivity index (χ1) is 44.1. The van der Waals surface area contributed by atoms with Crippen LogP contribution in [0.4, 0.5) is 26.3 Å². The monoisotopic (exact) mass is 1300 g/mol. The minimum absolute atomic E-state index is 0.106. The maximum Gasteiger partial charge on any atom is 0.337 e. The molecular formula is C72H87F6N3O12. The largest absolute Gasteiger partial charge is 0.465 e. The molecule has 3 N–H and O–H groups in total. The lowest BCUT2D eigenvalue weighted by molar-refractivity contribution is -0.148. The average Bonchev–Trinajstić information content (AvgIpc) is 1.70. The molecule has 0 radical (unpaired) electrons. The summed E-state index contributed by atoms with van der Waals surface area (Å²) in [4.78, 5) is 74.5. The zero-order chi connectivity index (χ0) is 69.1.